The molecule has 0 fully saturated rings. The van der Waals surface area contributed by atoms with Crippen LogP contribution in [0, 0.1) is 0 Å². The van der Waals surface area contributed by atoms with Crippen molar-refractivity contribution in [2.45, 2.75) is 19.5 Å². The van der Waals surface area contributed by atoms with E-state index in [0.29, 0.717) is 18.2 Å². The van der Waals surface area contributed by atoms with E-state index in [-0.39, 0.29) is 5.97 Å². The zero-order chi connectivity index (χ0) is 15.9. The zero-order valence-corrected chi connectivity index (χ0v) is 13.6. The number of ether oxygens (including phenoxy) is 1. The van der Waals surface area contributed by atoms with E-state index in [1.54, 1.807) is 12.1 Å². The van der Waals surface area contributed by atoms with Gasteiger partial charge in [0, 0.05) is 11.6 Å². The highest BCUT2D eigenvalue weighted by Gasteiger charge is 2.26. The summed E-state index contributed by atoms with van der Waals surface area (Å²) in [5.74, 6) is -0.247. The highest BCUT2D eigenvalue weighted by atomic mass is 35.5. The standard InChI is InChI=1S/C18H20ClNO2/c1-3-22-18(21)17(15-9-11-16(19)12-10-15)20(2)13-14-7-5-4-6-8-14/h4-12,17H,3,13H2,1-2H3/t17-/m1/s1. The number of carbonyl (C=O) groups is 1. The maximum atomic E-state index is 12.4. The fourth-order valence-electron chi connectivity index (χ4n) is 2.40. The van der Waals surface area contributed by atoms with E-state index in [0.717, 1.165) is 11.1 Å². The molecule has 0 heterocycles. The predicted octanol–water partition coefficient (Wildman–Crippen LogP) is 4.08. The third kappa shape index (κ3) is 4.33. The summed E-state index contributed by atoms with van der Waals surface area (Å²) in [5, 5.41) is 0.650. The fraction of sp³-hybridized carbons (Fsp3) is 0.278. The van der Waals surface area contributed by atoms with Crippen molar-refractivity contribution in [1.82, 2.24) is 4.90 Å². The summed E-state index contributed by atoms with van der Waals surface area (Å²) in [6.07, 6.45) is 0. The summed E-state index contributed by atoms with van der Waals surface area (Å²) in [7, 11) is 1.92. The molecule has 0 bridgehead atoms. The first-order valence-corrected chi connectivity index (χ1v) is 7.66. The molecule has 0 aliphatic heterocycles. The van der Waals surface area contributed by atoms with Gasteiger partial charge in [-0.1, -0.05) is 54.1 Å². The molecule has 3 nitrogen and oxygen atoms in total. The minimum atomic E-state index is -0.447. The van der Waals surface area contributed by atoms with Crippen LogP contribution in [0.15, 0.2) is 54.6 Å². The molecule has 0 saturated carbocycles. The van der Waals surface area contributed by atoms with Crippen LogP contribution in [-0.2, 0) is 16.1 Å². The number of nitrogens with zero attached hydrogens (tertiary/aromatic N) is 1. The van der Waals surface area contributed by atoms with Gasteiger partial charge < -0.3 is 4.74 Å². The number of hydrogen-bond acceptors (Lipinski definition) is 3. The molecule has 0 aliphatic carbocycles. The van der Waals surface area contributed by atoms with Gasteiger partial charge in [-0.15, -0.1) is 0 Å². The van der Waals surface area contributed by atoms with Gasteiger partial charge in [-0.05, 0) is 37.2 Å². The van der Waals surface area contributed by atoms with E-state index in [4.69, 9.17) is 16.3 Å². The van der Waals surface area contributed by atoms with Gasteiger partial charge in [-0.2, -0.15) is 0 Å². The van der Waals surface area contributed by atoms with Gasteiger partial charge in [0.15, 0.2) is 0 Å². The summed E-state index contributed by atoms with van der Waals surface area (Å²) in [4.78, 5) is 14.3. The highest BCUT2D eigenvalue weighted by Crippen LogP contribution is 2.24. The summed E-state index contributed by atoms with van der Waals surface area (Å²) >= 11 is 5.94. The molecule has 0 saturated heterocycles. The Bertz CT molecular complexity index is 598. The number of benzene rings is 2. The number of rotatable bonds is 6. The lowest BCUT2D eigenvalue weighted by Crippen LogP contribution is -2.32. The second-order valence-electron chi connectivity index (χ2n) is 5.11. The van der Waals surface area contributed by atoms with Gasteiger partial charge in [-0.3, -0.25) is 4.90 Å². The summed E-state index contributed by atoms with van der Waals surface area (Å²) in [5.41, 5.74) is 2.02. The van der Waals surface area contributed by atoms with E-state index in [1.807, 2.05) is 61.3 Å². The Hall–Kier alpha value is -1.84. The first kappa shape index (κ1) is 16.5. The molecular weight excluding hydrogens is 298 g/mol. The maximum Gasteiger partial charge on any atom is 0.327 e. The van der Waals surface area contributed by atoms with Crippen LogP contribution in [0.25, 0.3) is 0 Å². The smallest absolute Gasteiger partial charge is 0.327 e. The normalized spacial score (nSPS) is 12.2. The lowest BCUT2D eigenvalue weighted by Gasteiger charge is -2.26. The predicted molar refractivity (Wildman–Crippen MR) is 88.7 cm³/mol. The van der Waals surface area contributed by atoms with Crippen molar-refractivity contribution in [3.8, 4) is 0 Å². The second-order valence-corrected chi connectivity index (χ2v) is 5.54. The molecule has 0 aromatic heterocycles. The van der Waals surface area contributed by atoms with Crippen LogP contribution in [0.2, 0.25) is 5.02 Å². The molecule has 116 valence electrons. The van der Waals surface area contributed by atoms with E-state index < -0.39 is 6.04 Å². The molecule has 1 atom stereocenters. The van der Waals surface area contributed by atoms with Gasteiger partial charge >= 0.3 is 5.97 Å². The Kier molecular flexibility index (Phi) is 5.99. The van der Waals surface area contributed by atoms with Gasteiger partial charge in [0.2, 0.25) is 0 Å². The minimum Gasteiger partial charge on any atom is -0.465 e. The summed E-state index contributed by atoms with van der Waals surface area (Å²) in [6.45, 7) is 2.84. The maximum absolute atomic E-state index is 12.4. The van der Waals surface area contributed by atoms with E-state index >= 15 is 0 Å². The molecule has 0 spiro atoms. The molecule has 2 aromatic rings. The quantitative estimate of drug-likeness (QED) is 0.752. The van der Waals surface area contributed by atoms with Gasteiger partial charge in [0.25, 0.3) is 0 Å². The monoisotopic (exact) mass is 317 g/mol. The summed E-state index contributed by atoms with van der Waals surface area (Å²) < 4.78 is 5.23. The molecule has 4 heteroatoms. The number of esters is 1. The number of carbonyl (C=O) groups excluding carboxylic acids is 1. The molecule has 22 heavy (non-hydrogen) atoms. The van der Waals surface area contributed by atoms with Gasteiger partial charge in [-0.25, -0.2) is 4.79 Å². The van der Waals surface area contributed by atoms with Crippen molar-refractivity contribution >= 4 is 17.6 Å². The third-order valence-electron chi connectivity index (χ3n) is 3.41. The SMILES string of the molecule is CCOC(=O)[C@@H](c1ccc(Cl)cc1)N(C)Cc1ccccc1. The number of hydrogen-bond donors (Lipinski definition) is 0. The Labute approximate surface area is 136 Å². The Morgan fingerprint density at radius 1 is 1.14 bits per heavy atom. The van der Waals surface area contributed by atoms with Crippen LogP contribution < -0.4 is 0 Å². The van der Waals surface area contributed by atoms with Crippen molar-refractivity contribution in [2.24, 2.45) is 0 Å². The topological polar surface area (TPSA) is 29.5 Å². The lowest BCUT2D eigenvalue weighted by atomic mass is 10.0. The average Bonchev–Trinajstić information content (AvgIpc) is 2.51. The average molecular weight is 318 g/mol. The molecule has 2 aromatic carbocycles. The van der Waals surface area contributed by atoms with Crippen molar-refractivity contribution in [3.63, 3.8) is 0 Å². The van der Waals surface area contributed by atoms with Crippen LogP contribution in [-0.4, -0.2) is 24.5 Å². The molecule has 2 rings (SSSR count). The van der Waals surface area contributed by atoms with Crippen LogP contribution in [0.3, 0.4) is 0 Å². The first-order chi connectivity index (χ1) is 10.6. The van der Waals surface area contributed by atoms with Gasteiger partial charge in [0.1, 0.15) is 6.04 Å². The Morgan fingerprint density at radius 2 is 1.77 bits per heavy atom. The highest BCUT2D eigenvalue weighted by molar-refractivity contribution is 6.30. The first-order valence-electron chi connectivity index (χ1n) is 7.28. The Morgan fingerprint density at radius 3 is 2.36 bits per heavy atom. The minimum absolute atomic E-state index is 0.247. The number of halogens is 1. The van der Waals surface area contributed by atoms with Crippen LogP contribution in [0.4, 0.5) is 0 Å². The second kappa shape index (κ2) is 7.97. The molecule has 0 N–H and O–H groups in total. The van der Waals surface area contributed by atoms with Crippen molar-refractivity contribution in [2.75, 3.05) is 13.7 Å². The largest absolute Gasteiger partial charge is 0.465 e. The van der Waals surface area contributed by atoms with Crippen LogP contribution in [0.5, 0.6) is 0 Å². The van der Waals surface area contributed by atoms with Crippen molar-refractivity contribution in [1.29, 1.82) is 0 Å². The van der Waals surface area contributed by atoms with E-state index in [9.17, 15) is 4.79 Å². The van der Waals surface area contributed by atoms with E-state index in [2.05, 4.69) is 0 Å². The molecular formula is C18H20ClNO2. The third-order valence-corrected chi connectivity index (χ3v) is 3.66. The summed E-state index contributed by atoms with van der Waals surface area (Å²) in [6, 6.07) is 16.9. The molecule has 0 radical (unpaired) electrons. The lowest BCUT2D eigenvalue weighted by molar-refractivity contribution is -0.149. The van der Waals surface area contributed by atoms with Crippen molar-refractivity contribution < 1.29 is 9.53 Å². The van der Waals surface area contributed by atoms with Crippen LogP contribution >= 0.6 is 11.6 Å². The number of likely N-dealkylation sites (N-methyl/N-ethyl adjacent to an activating group) is 1. The molecule has 0 aliphatic rings. The molecule has 0 amide bonds. The molecule has 0 unspecified atom stereocenters. The van der Waals surface area contributed by atoms with Crippen molar-refractivity contribution in [3.05, 3.63) is 70.7 Å². The van der Waals surface area contributed by atoms with Gasteiger partial charge in [0.05, 0.1) is 6.61 Å². The van der Waals surface area contributed by atoms with E-state index in [1.165, 1.54) is 0 Å². The fourth-order valence-corrected chi connectivity index (χ4v) is 2.53. The Balaban J connectivity index is 2.23. The van der Waals surface area contributed by atoms with Crippen LogP contribution in [0.1, 0.15) is 24.1 Å². The zero-order valence-electron chi connectivity index (χ0n) is 12.8.